The van der Waals surface area contributed by atoms with Crippen LogP contribution < -0.4 is 5.56 Å². The Hall–Kier alpha value is -1.06. The van der Waals surface area contributed by atoms with Crippen LogP contribution in [0.4, 0.5) is 13.2 Å². The fourth-order valence-electron chi connectivity index (χ4n) is 1.20. The fourth-order valence-corrected chi connectivity index (χ4v) is 1.40. The van der Waals surface area contributed by atoms with Gasteiger partial charge >= 0.3 is 6.18 Å². The van der Waals surface area contributed by atoms with E-state index in [0.29, 0.717) is 6.33 Å². The zero-order valence-electron chi connectivity index (χ0n) is 8.27. The average Bonchev–Trinajstić information content (AvgIpc) is 2.25. The number of alkyl halides is 3. The first-order valence-electron chi connectivity index (χ1n) is 4.40. The van der Waals surface area contributed by atoms with Crippen LogP contribution in [0.2, 0.25) is 0 Å². The first-order chi connectivity index (χ1) is 7.79. The van der Waals surface area contributed by atoms with Gasteiger partial charge in [-0.15, -0.1) is 0 Å². The average molecular weight is 270 g/mol. The zero-order chi connectivity index (χ0) is 13.2. The highest BCUT2D eigenvalue weighted by molar-refractivity contribution is 7.80. The van der Waals surface area contributed by atoms with Crippen LogP contribution in [-0.4, -0.2) is 32.0 Å². The van der Waals surface area contributed by atoms with E-state index in [1.807, 2.05) is 4.98 Å². The summed E-state index contributed by atoms with van der Waals surface area (Å²) in [6.07, 6.45) is -7.90. The van der Waals surface area contributed by atoms with Crippen LogP contribution in [0.15, 0.2) is 11.1 Å². The van der Waals surface area contributed by atoms with Gasteiger partial charge in [-0.1, -0.05) is 0 Å². The first-order valence-corrected chi connectivity index (χ1v) is 5.04. The molecule has 0 spiro atoms. The van der Waals surface area contributed by atoms with Gasteiger partial charge in [0.15, 0.2) is 5.69 Å². The van der Waals surface area contributed by atoms with Crippen LogP contribution in [0.25, 0.3) is 0 Å². The molecule has 1 aromatic heterocycles. The molecule has 2 atom stereocenters. The Kier molecular flexibility index (Phi) is 4.17. The molecule has 9 heteroatoms. The maximum absolute atomic E-state index is 12.5. The van der Waals surface area contributed by atoms with E-state index in [0.717, 1.165) is 0 Å². The van der Waals surface area contributed by atoms with Gasteiger partial charge in [-0.05, 0) is 0 Å². The molecule has 1 heterocycles. The molecule has 0 aliphatic heterocycles. The lowest BCUT2D eigenvalue weighted by atomic mass is 10.0. The largest absolute Gasteiger partial charge is 0.433 e. The molecule has 0 bridgehead atoms. The summed E-state index contributed by atoms with van der Waals surface area (Å²) in [6.45, 7) is 0. The summed E-state index contributed by atoms with van der Waals surface area (Å²) in [5.74, 6) is -0.299. The molecule has 1 rings (SSSR count). The van der Waals surface area contributed by atoms with Crippen molar-refractivity contribution in [1.82, 2.24) is 9.97 Å². The molecule has 0 saturated heterocycles. The number of H-pyrrole nitrogens is 1. The molecule has 0 saturated carbocycles. The topological polar surface area (TPSA) is 86.2 Å². The molecule has 2 unspecified atom stereocenters. The lowest BCUT2D eigenvalue weighted by Crippen LogP contribution is -2.31. The summed E-state index contributed by atoms with van der Waals surface area (Å²) < 4.78 is 37.6. The third-order valence-electron chi connectivity index (χ3n) is 2.00. The number of halogens is 3. The highest BCUT2D eigenvalue weighted by atomic mass is 32.1. The second-order valence-corrected chi connectivity index (χ2v) is 3.55. The molecule has 0 fully saturated rings. The van der Waals surface area contributed by atoms with Gasteiger partial charge in [0.25, 0.3) is 5.56 Å². The van der Waals surface area contributed by atoms with Crippen molar-refractivity contribution >= 4 is 12.6 Å². The minimum atomic E-state index is -4.89. The fraction of sp³-hybridized carbons (Fsp3) is 0.500. The summed E-state index contributed by atoms with van der Waals surface area (Å²) >= 11 is 3.62. The Bertz CT molecular complexity index is 448. The van der Waals surface area contributed by atoms with Crippen molar-refractivity contribution in [3.63, 3.8) is 0 Å². The highest BCUT2D eigenvalue weighted by Gasteiger charge is 2.39. The van der Waals surface area contributed by atoms with Crippen LogP contribution in [0, 0.1) is 0 Å². The summed E-state index contributed by atoms with van der Waals surface area (Å²) in [5, 5.41) is 18.7. The minimum absolute atomic E-state index is 0.299. The van der Waals surface area contributed by atoms with Crippen molar-refractivity contribution in [1.29, 1.82) is 0 Å². The van der Waals surface area contributed by atoms with E-state index < -0.39 is 35.2 Å². The molecule has 1 aromatic rings. The molecule has 0 aliphatic rings. The maximum atomic E-state index is 12.5. The van der Waals surface area contributed by atoms with Gasteiger partial charge in [-0.25, -0.2) is 4.98 Å². The smallest absolute Gasteiger partial charge is 0.389 e. The van der Waals surface area contributed by atoms with Gasteiger partial charge in [0.1, 0.15) is 6.10 Å². The van der Waals surface area contributed by atoms with Crippen LogP contribution >= 0.6 is 12.6 Å². The van der Waals surface area contributed by atoms with E-state index in [4.69, 9.17) is 0 Å². The molecular formula is C8H9F3N2O3S. The van der Waals surface area contributed by atoms with Crippen molar-refractivity contribution in [2.75, 3.05) is 5.75 Å². The van der Waals surface area contributed by atoms with E-state index >= 15 is 0 Å². The second kappa shape index (κ2) is 5.07. The third kappa shape index (κ3) is 2.99. The molecule has 5 nitrogen and oxygen atoms in total. The lowest BCUT2D eigenvalue weighted by molar-refractivity contribution is -0.143. The molecule has 0 amide bonds. The Morgan fingerprint density at radius 1 is 1.47 bits per heavy atom. The number of rotatable bonds is 3. The third-order valence-corrected chi connectivity index (χ3v) is 2.38. The van der Waals surface area contributed by atoms with Gasteiger partial charge < -0.3 is 15.2 Å². The molecule has 3 N–H and O–H groups in total. The maximum Gasteiger partial charge on any atom is 0.433 e. The summed E-state index contributed by atoms with van der Waals surface area (Å²) in [5.41, 5.74) is -3.68. The Morgan fingerprint density at radius 2 is 2.06 bits per heavy atom. The molecule has 0 aliphatic carbocycles. The molecule has 17 heavy (non-hydrogen) atoms. The van der Waals surface area contributed by atoms with Gasteiger partial charge in [0.05, 0.1) is 18.0 Å². The standard InChI is InChI=1S/C8H9F3N2O3S/c9-8(10,11)6-4(5(15)3(14)1-17)7(16)13-2-12-6/h2-3,5,14-15,17H,1H2,(H,12,13,16). The molecule has 0 radical (unpaired) electrons. The Labute approximate surface area is 98.7 Å². The predicted octanol–water partition coefficient (Wildman–Crippen LogP) is 0.113. The van der Waals surface area contributed by atoms with E-state index in [1.165, 1.54) is 0 Å². The van der Waals surface area contributed by atoms with Crippen LogP contribution in [-0.2, 0) is 6.18 Å². The van der Waals surface area contributed by atoms with Crippen LogP contribution in [0.1, 0.15) is 17.4 Å². The summed E-state index contributed by atoms with van der Waals surface area (Å²) in [7, 11) is 0. The quantitative estimate of drug-likeness (QED) is 0.587. The number of nitrogens with one attached hydrogen (secondary N) is 1. The van der Waals surface area contributed by atoms with Crippen LogP contribution in [0.5, 0.6) is 0 Å². The zero-order valence-corrected chi connectivity index (χ0v) is 9.16. The normalized spacial score (nSPS) is 15.6. The summed E-state index contributed by atoms with van der Waals surface area (Å²) in [6, 6.07) is 0. The Balaban J connectivity index is 3.36. The Morgan fingerprint density at radius 3 is 2.53 bits per heavy atom. The highest BCUT2D eigenvalue weighted by Crippen LogP contribution is 2.31. The van der Waals surface area contributed by atoms with E-state index in [9.17, 15) is 28.2 Å². The number of hydrogen-bond acceptors (Lipinski definition) is 5. The lowest BCUT2D eigenvalue weighted by Gasteiger charge is -2.18. The number of aliphatic hydroxyl groups is 2. The van der Waals surface area contributed by atoms with Crippen molar-refractivity contribution in [3.8, 4) is 0 Å². The van der Waals surface area contributed by atoms with Gasteiger partial charge in [-0.2, -0.15) is 25.8 Å². The van der Waals surface area contributed by atoms with Crippen molar-refractivity contribution in [2.24, 2.45) is 0 Å². The number of hydrogen-bond donors (Lipinski definition) is 4. The van der Waals surface area contributed by atoms with E-state index in [1.54, 1.807) is 0 Å². The van der Waals surface area contributed by atoms with E-state index in [2.05, 4.69) is 17.6 Å². The number of nitrogens with zero attached hydrogens (tertiary/aromatic N) is 1. The van der Waals surface area contributed by atoms with Gasteiger partial charge in [0.2, 0.25) is 0 Å². The SMILES string of the molecule is O=c1[nH]cnc(C(F)(F)F)c1C(O)C(O)CS. The minimum Gasteiger partial charge on any atom is -0.389 e. The first kappa shape index (κ1) is 14.0. The van der Waals surface area contributed by atoms with Crippen LogP contribution in [0.3, 0.4) is 0 Å². The second-order valence-electron chi connectivity index (χ2n) is 3.19. The molecular weight excluding hydrogens is 261 g/mol. The van der Waals surface area contributed by atoms with Crippen molar-refractivity contribution in [2.45, 2.75) is 18.4 Å². The van der Waals surface area contributed by atoms with Gasteiger partial charge in [0, 0.05) is 5.75 Å². The van der Waals surface area contributed by atoms with Crippen molar-refractivity contribution < 1.29 is 23.4 Å². The number of aromatic amines is 1. The number of aromatic nitrogens is 2. The molecule has 96 valence electrons. The molecule has 0 aromatic carbocycles. The number of thiol groups is 1. The van der Waals surface area contributed by atoms with E-state index in [-0.39, 0.29) is 5.75 Å². The monoisotopic (exact) mass is 270 g/mol. The predicted molar refractivity (Wildman–Crippen MR) is 54.7 cm³/mol. The summed E-state index contributed by atoms with van der Waals surface area (Å²) in [4.78, 5) is 16.1. The van der Waals surface area contributed by atoms with Gasteiger partial charge in [-0.3, -0.25) is 4.79 Å². The van der Waals surface area contributed by atoms with Crippen molar-refractivity contribution in [3.05, 3.63) is 27.9 Å². The number of aliphatic hydroxyl groups excluding tert-OH is 2.